The van der Waals surface area contributed by atoms with Crippen LogP contribution in [0.2, 0.25) is 0 Å². The lowest BCUT2D eigenvalue weighted by Gasteiger charge is -2.22. The number of rotatable bonds is 6. The van der Waals surface area contributed by atoms with E-state index in [9.17, 15) is 0 Å². The number of hydrogen-bond acceptors (Lipinski definition) is 4. The average molecular weight is 236 g/mol. The standard InChI is InChI=1S/C12H20N4O/c1-12(2,11(13)16-17)5-8-15-9-10-3-6-14-7-4-10/h3-4,6-7,15,17H,5,8-9H2,1-2H3,(H2,13,16). The van der Waals surface area contributed by atoms with Gasteiger partial charge in [0.1, 0.15) is 5.84 Å². The molecule has 0 amide bonds. The maximum atomic E-state index is 8.64. The second kappa shape index (κ2) is 6.20. The Morgan fingerprint density at radius 2 is 2.12 bits per heavy atom. The van der Waals surface area contributed by atoms with Gasteiger partial charge < -0.3 is 16.3 Å². The van der Waals surface area contributed by atoms with Gasteiger partial charge >= 0.3 is 0 Å². The third-order valence-corrected chi connectivity index (χ3v) is 2.81. The van der Waals surface area contributed by atoms with Crippen LogP contribution in [0.25, 0.3) is 0 Å². The van der Waals surface area contributed by atoms with Crippen LogP contribution in [-0.4, -0.2) is 22.6 Å². The molecule has 5 heteroatoms. The molecule has 4 N–H and O–H groups in total. The maximum absolute atomic E-state index is 8.64. The van der Waals surface area contributed by atoms with Crippen LogP contribution in [0.15, 0.2) is 29.7 Å². The van der Waals surface area contributed by atoms with Gasteiger partial charge in [-0.05, 0) is 30.7 Å². The van der Waals surface area contributed by atoms with Crippen LogP contribution in [0.3, 0.4) is 0 Å². The molecule has 1 aromatic heterocycles. The van der Waals surface area contributed by atoms with Crippen LogP contribution in [0.4, 0.5) is 0 Å². The minimum atomic E-state index is -0.292. The van der Waals surface area contributed by atoms with E-state index in [-0.39, 0.29) is 11.3 Å². The Hall–Kier alpha value is -1.62. The maximum Gasteiger partial charge on any atom is 0.144 e. The second-order valence-corrected chi connectivity index (χ2v) is 4.65. The van der Waals surface area contributed by atoms with Crippen LogP contribution in [0.1, 0.15) is 25.8 Å². The topological polar surface area (TPSA) is 83.5 Å². The zero-order valence-electron chi connectivity index (χ0n) is 10.3. The van der Waals surface area contributed by atoms with Crippen LogP contribution < -0.4 is 11.1 Å². The quantitative estimate of drug-likeness (QED) is 0.229. The van der Waals surface area contributed by atoms with E-state index in [0.29, 0.717) is 0 Å². The van der Waals surface area contributed by atoms with Gasteiger partial charge in [0.2, 0.25) is 0 Å². The van der Waals surface area contributed by atoms with Crippen LogP contribution in [0, 0.1) is 5.41 Å². The Kier molecular flexibility index (Phi) is 4.90. The number of pyridine rings is 1. The number of hydrogen-bond donors (Lipinski definition) is 3. The first-order chi connectivity index (χ1) is 8.06. The monoisotopic (exact) mass is 236 g/mol. The lowest BCUT2D eigenvalue weighted by atomic mass is 9.88. The highest BCUT2D eigenvalue weighted by Gasteiger charge is 2.22. The number of oxime groups is 1. The van der Waals surface area contributed by atoms with Crippen LogP contribution >= 0.6 is 0 Å². The molecule has 1 aromatic rings. The molecule has 0 atom stereocenters. The molecule has 1 rings (SSSR count). The van der Waals surface area contributed by atoms with Crippen molar-refractivity contribution in [3.63, 3.8) is 0 Å². The molecule has 0 saturated carbocycles. The number of nitrogens with one attached hydrogen (secondary N) is 1. The molecule has 0 aliphatic carbocycles. The van der Waals surface area contributed by atoms with Gasteiger partial charge in [-0.25, -0.2) is 0 Å². The molecule has 0 aliphatic heterocycles. The minimum Gasteiger partial charge on any atom is -0.409 e. The summed E-state index contributed by atoms with van der Waals surface area (Å²) >= 11 is 0. The van der Waals surface area contributed by atoms with Gasteiger partial charge in [0.15, 0.2) is 0 Å². The molecular formula is C12H20N4O. The van der Waals surface area contributed by atoms with Crippen molar-refractivity contribution in [3.8, 4) is 0 Å². The molecule has 94 valence electrons. The van der Waals surface area contributed by atoms with Crippen molar-refractivity contribution in [3.05, 3.63) is 30.1 Å². The summed E-state index contributed by atoms with van der Waals surface area (Å²) in [5.41, 5.74) is 6.51. The van der Waals surface area contributed by atoms with Gasteiger partial charge in [-0.2, -0.15) is 0 Å². The summed E-state index contributed by atoms with van der Waals surface area (Å²) in [6.45, 7) is 5.52. The summed E-state index contributed by atoms with van der Waals surface area (Å²) in [5.74, 6) is 0.267. The van der Waals surface area contributed by atoms with Gasteiger partial charge in [-0.1, -0.05) is 19.0 Å². The van der Waals surface area contributed by atoms with Gasteiger partial charge in [0, 0.05) is 24.4 Å². The molecule has 0 radical (unpaired) electrons. The van der Waals surface area contributed by atoms with Crippen molar-refractivity contribution >= 4 is 5.84 Å². The zero-order valence-corrected chi connectivity index (χ0v) is 10.3. The Bertz CT molecular complexity index is 362. The molecule has 1 heterocycles. The fourth-order valence-corrected chi connectivity index (χ4v) is 1.40. The fourth-order valence-electron chi connectivity index (χ4n) is 1.40. The molecule has 0 bridgehead atoms. The Labute approximate surface area is 102 Å². The summed E-state index contributed by atoms with van der Waals surface area (Å²) in [7, 11) is 0. The molecule has 0 spiro atoms. The predicted octanol–water partition coefficient (Wildman–Crippen LogP) is 1.33. The van der Waals surface area contributed by atoms with Gasteiger partial charge in [0.25, 0.3) is 0 Å². The first kappa shape index (κ1) is 13.4. The summed E-state index contributed by atoms with van der Waals surface area (Å²) in [5, 5.41) is 15.0. The third-order valence-electron chi connectivity index (χ3n) is 2.81. The molecule has 0 saturated heterocycles. The Morgan fingerprint density at radius 1 is 1.47 bits per heavy atom. The molecule has 5 nitrogen and oxygen atoms in total. The van der Waals surface area contributed by atoms with E-state index in [0.717, 1.165) is 19.5 Å². The number of nitrogens with zero attached hydrogens (tertiary/aromatic N) is 2. The molecule has 0 unspecified atom stereocenters. The first-order valence-electron chi connectivity index (χ1n) is 5.64. The number of amidine groups is 1. The van der Waals surface area contributed by atoms with E-state index in [1.165, 1.54) is 5.56 Å². The highest BCUT2D eigenvalue weighted by atomic mass is 16.4. The first-order valence-corrected chi connectivity index (χ1v) is 5.64. The van der Waals surface area contributed by atoms with Crippen molar-refractivity contribution in [1.29, 1.82) is 0 Å². The highest BCUT2D eigenvalue weighted by molar-refractivity contribution is 5.85. The SMILES string of the molecule is CC(C)(CCNCc1ccncc1)C(N)=NO. The Balaban J connectivity index is 2.29. The van der Waals surface area contributed by atoms with Crippen molar-refractivity contribution in [2.75, 3.05) is 6.54 Å². The predicted molar refractivity (Wildman–Crippen MR) is 67.8 cm³/mol. The summed E-state index contributed by atoms with van der Waals surface area (Å²) in [4.78, 5) is 3.96. The van der Waals surface area contributed by atoms with Gasteiger partial charge in [-0.3, -0.25) is 4.98 Å². The van der Waals surface area contributed by atoms with E-state index in [1.807, 2.05) is 26.0 Å². The van der Waals surface area contributed by atoms with Crippen LogP contribution in [0.5, 0.6) is 0 Å². The molecule has 0 aromatic carbocycles. The zero-order chi connectivity index (χ0) is 12.7. The van der Waals surface area contributed by atoms with Crippen molar-refractivity contribution < 1.29 is 5.21 Å². The third kappa shape index (κ3) is 4.40. The normalized spacial score (nSPS) is 12.7. The lowest BCUT2D eigenvalue weighted by Crippen LogP contribution is -2.34. The highest BCUT2D eigenvalue weighted by Crippen LogP contribution is 2.19. The number of aromatic nitrogens is 1. The van der Waals surface area contributed by atoms with E-state index in [2.05, 4.69) is 15.5 Å². The van der Waals surface area contributed by atoms with Crippen molar-refractivity contribution in [2.24, 2.45) is 16.3 Å². The fraction of sp³-hybridized carbons (Fsp3) is 0.500. The van der Waals surface area contributed by atoms with Gasteiger partial charge in [0.05, 0.1) is 0 Å². The smallest absolute Gasteiger partial charge is 0.144 e. The molecule has 17 heavy (non-hydrogen) atoms. The summed E-state index contributed by atoms with van der Waals surface area (Å²) in [6.07, 6.45) is 4.36. The number of nitrogens with two attached hydrogens (primary N) is 1. The Morgan fingerprint density at radius 3 is 2.71 bits per heavy atom. The van der Waals surface area contributed by atoms with Crippen molar-refractivity contribution in [2.45, 2.75) is 26.8 Å². The average Bonchev–Trinajstić information content (AvgIpc) is 2.35. The minimum absolute atomic E-state index is 0.267. The molecule has 0 aliphatic rings. The summed E-state index contributed by atoms with van der Waals surface area (Å²) in [6, 6.07) is 3.95. The van der Waals surface area contributed by atoms with Crippen molar-refractivity contribution in [1.82, 2.24) is 10.3 Å². The molecule has 0 fully saturated rings. The van der Waals surface area contributed by atoms with E-state index in [4.69, 9.17) is 10.9 Å². The van der Waals surface area contributed by atoms with Gasteiger partial charge in [-0.15, -0.1) is 0 Å². The summed E-state index contributed by atoms with van der Waals surface area (Å²) < 4.78 is 0. The second-order valence-electron chi connectivity index (χ2n) is 4.65. The largest absolute Gasteiger partial charge is 0.409 e. The van der Waals surface area contributed by atoms with E-state index < -0.39 is 0 Å². The van der Waals surface area contributed by atoms with Crippen LogP contribution in [-0.2, 0) is 6.54 Å². The lowest BCUT2D eigenvalue weighted by molar-refractivity contribution is 0.305. The van der Waals surface area contributed by atoms with E-state index in [1.54, 1.807) is 12.4 Å². The molecular weight excluding hydrogens is 216 g/mol. The van der Waals surface area contributed by atoms with E-state index >= 15 is 0 Å².